The van der Waals surface area contributed by atoms with Gasteiger partial charge >= 0.3 is 6.61 Å². The van der Waals surface area contributed by atoms with Crippen LogP contribution in [0.3, 0.4) is 0 Å². The lowest BCUT2D eigenvalue weighted by atomic mass is 10.1. The van der Waals surface area contributed by atoms with E-state index in [4.69, 9.17) is 0 Å². The number of aryl methyl sites for hydroxylation is 1. The molecule has 1 saturated heterocycles. The highest BCUT2D eigenvalue weighted by molar-refractivity contribution is 6.02. The zero-order valence-corrected chi connectivity index (χ0v) is 16.6. The predicted octanol–water partition coefficient (Wildman–Crippen LogP) is 4.00. The van der Waals surface area contributed by atoms with Crippen LogP contribution in [0, 0.1) is 6.92 Å². The highest BCUT2D eigenvalue weighted by Gasteiger charge is 2.15. The van der Waals surface area contributed by atoms with Gasteiger partial charge < -0.3 is 19.9 Å². The van der Waals surface area contributed by atoms with Crippen molar-refractivity contribution in [1.29, 1.82) is 0 Å². The summed E-state index contributed by atoms with van der Waals surface area (Å²) in [6.07, 6.45) is 3.03. The van der Waals surface area contributed by atoms with Gasteiger partial charge in [0.15, 0.2) is 0 Å². The molecule has 0 saturated carbocycles. The SMILES string of the molecule is Cc1cc(N2CCN(C)CC2)ccc1NC(=O)/C=C/c1ccc(OC(F)F)cc1. The Hall–Kier alpha value is -2.93. The Bertz CT molecular complexity index is 861. The summed E-state index contributed by atoms with van der Waals surface area (Å²) in [5, 5.41) is 2.88. The van der Waals surface area contributed by atoms with Crippen molar-refractivity contribution in [3.05, 3.63) is 59.7 Å². The summed E-state index contributed by atoms with van der Waals surface area (Å²) < 4.78 is 28.6. The van der Waals surface area contributed by atoms with Crippen LogP contribution in [-0.4, -0.2) is 50.6 Å². The number of alkyl halides is 2. The molecule has 1 aliphatic rings. The zero-order valence-electron chi connectivity index (χ0n) is 16.6. The van der Waals surface area contributed by atoms with Gasteiger partial charge in [-0.3, -0.25) is 4.79 Å². The Morgan fingerprint density at radius 3 is 2.41 bits per heavy atom. The Labute approximate surface area is 169 Å². The summed E-state index contributed by atoms with van der Waals surface area (Å²) in [5.74, 6) is -0.175. The number of carbonyl (C=O) groups excluding carboxylic acids is 1. The maximum atomic E-state index is 12.2. The quantitative estimate of drug-likeness (QED) is 0.744. The summed E-state index contributed by atoms with van der Waals surface area (Å²) in [6.45, 7) is 3.18. The second-order valence-electron chi connectivity index (χ2n) is 7.06. The minimum Gasteiger partial charge on any atom is -0.435 e. The van der Waals surface area contributed by atoms with E-state index in [1.54, 1.807) is 18.2 Å². The van der Waals surface area contributed by atoms with Crippen molar-refractivity contribution < 1.29 is 18.3 Å². The van der Waals surface area contributed by atoms with E-state index in [0.717, 1.165) is 43.1 Å². The lowest BCUT2D eigenvalue weighted by molar-refractivity contribution is -0.111. The van der Waals surface area contributed by atoms with E-state index < -0.39 is 6.61 Å². The number of rotatable bonds is 6. The third kappa shape index (κ3) is 6.02. The molecule has 0 atom stereocenters. The van der Waals surface area contributed by atoms with E-state index in [1.807, 2.05) is 19.1 Å². The molecule has 2 aromatic rings. The fraction of sp³-hybridized carbons (Fsp3) is 0.318. The fourth-order valence-electron chi connectivity index (χ4n) is 3.16. The number of hydrogen-bond acceptors (Lipinski definition) is 4. The molecule has 0 unspecified atom stereocenters. The first-order chi connectivity index (χ1) is 13.9. The summed E-state index contributed by atoms with van der Waals surface area (Å²) in [4.78, 5) is 16.9. The Balaban J connectivity index is 1.58. The van der Waals surface area contributed by atoms with Crippen molar-refractivity contribution in [2.24, 2.45) is 0 Å². The topological polar surface area (TPSA) is 44.8 Å². The highest BCUT2D eigenvalue weighted by Crippen LogP contribution is 2.24. The summed E-state index contributed by atoms with van der Waals surface area (Å²) in [6, 6.07) is 12.1. The number of benzene rings is 2. The normalized spacial score (nSPS) is 15.1. The van der Waals surface area contributed by atoms with Gasteiger partial charge in [-0.25, -0.2) is 0 Å². The third-order valence-electron chi connectivity index (χ3n) is 4.87. The number of nitrogens with one attached hydrogen (secondary N) is 1. The number of halogens is 2. The summed E-state index contributed by atoms with van der Waals surface area (Å²) in [7, 11) is 2.13. The van der Waals surface area contributed by atoms with Crippen LogP contribution in [0.25, 0.3) is 6.08 Å². The van der Waals surface area contributed by atoms with Crippen LogP contribution in [0.4, 0.5) is 20.2 Å². The van der Waals surface area contributed by atoms with Crippen LogP contribution >= 0.6 is 0 Å². The molecule has 3 rings (SSSR count). The molecular formula is C22H25F2N3O2. The number of hydrogen-bond donors (Lipinski definition) is 1. The van der Waals surface area contributed by atoms with E-state index in [1.165, 1.54) is 18.2 Å². The zero-order chi connectivity index (χ0) is 20.8. The molecular weight excluding hydrogens is 376 g/mol. The van der Waals surface area contributed by atoms with Crippen molar-refractivity contribution in [3.63, 3.8) is 0 Å². The highest BCUT2D eigenvalue weighted by atomic mass is 19.3. The average Bonchev–Trinajstić information content (AvgIpc) is 2.69. The van der Waals surface area contributed by atoms with Crippen LogP contribution < -0.4 is 15.0 Å². The van der Waals surface area contributed by atoms with E-state index in [-0.39, 0.29) is 11.7 Å². The van der Waals surface area contributed by atoms with Gasteiger partial charge in [0.05, 0.1) is 0 Å². The van der Waals surface area contributed by atoms with Gasteiger partial charge in [0.25, 0.3) is 0 Å². The van der Waals surface area contributed by atoms with Gasteiger partial charge in [-0.05, 0) is 61.5 Å². The molecule has 0 radical (unpaired) electrons. The molecule has 29 heavy (non-hydrogen) atoms. The monoisotopic (exact) mass is 401 g/mol. The van der Waals surface area contributed by atoms with E-state index >= 15 is 0 Å². The van der Waals surface area contributed by atoms with Crippen molar-refractivity contribution in [3.8, 4) is 5.75 Å². The Morgan fingerprint density at radius 1 is 1.10 bits per heavy atom. The molecule has 0 aromatic heterocycles. The summed E-state index contributed by atoms with van der Waals surface area (Å²) in [5.41, 5.74) is 3.63. The molecule has 0 spiro atoms. The van der Waals surface area contributed by atoms with E-state index in [9.17, 15) is 13.6 Å². The first kappa shape index (κ1) is 20.8. The minimum absolute atomic E-state index is 0.0812. The number of anilines is 2. The van der Waals surface area contributed by atoms with Crippen molar-refractivity contribution >= 4 is 23.4 Å². The predicted molar refractivity (Wildman–Crippen MR) is 112 cm³/mol. The van der Waals surface area contributed by atoms with E-state index in [2.05, 4.69) is 33.0 Å². The lowest BCUT2D eigenvalue weighted by Gasteiger charge is -2.34. The molecule has 1 fully saturated rings. The van der Waals surface area contributed by atoms with Crippen molar-refractivity contribution in [2.45, 2.75) is 13.5 Å². The smallest absolute Gasteiger partial charge is 0.387 e. The molecule has 7 heteroatoms. The van der Waals surface area contributed by atoms with Gasteiger partial charge in [-0.1, -0.05) is 12.1 Å². The molecule has 1 N–H and O–H groups in total. The van der Waals surface area contributed by atoms with Gasteiger partial charge in [0, 0.05) is 43.6 Å². The van der Waals surface area contributed by atoms with Crippen LogP contribution in [-0.2, 0) is 4.79 Å². The van der Waals surface area contributed by atoms with Crippen LogP contribution in [0.15, 0.2) is 48.5 Å². The van der Waals surface area contributed by atoms with Crippen molar-refractivity contribution in [1.82, 2.24) is 4.90 Å². The molecule has 0 bridgehead atoms. The Kier molecular flexibility index (Phi) is 6.82. The molecule has 5 nitrogen and oxygen atoms in total. The molecule has 1 heterocycles. The number of amides is 1. The average molecular weight is 401 g/mol. The third-order valence-corrected chi connectivity index (χ3v) is 4.87. The molecule has 1 amide bonds. The standard InChI is InChI=1S/C22H25F2N3O2/c1-16-15-18(27-13-11-26(2)12-14-27)6-9-20(16)25-21(28)10-5-17-3-7-19(8-4-17)29-22(23)24/h3-10,15,22H,11-14H2,1-2H3,(H,25,28)/b10-5+. The molecule has 2 aromatic carbocycles. The fourth-order valence-corrected chi connectivity index (χ4v) is 3.16. The largest absolute Gasteiger partial charge is 0.435 e. The van der Waals surface area contributed by atoms with E-state index in [0.29, 0.717) is 5.56 Å². The summed E-state index contributed by atoms with van der Waals surface area (Å²) >= 11 is 0. The van der Waals surface area contributed by atoms with Crippen molar-refractivity contribution in [2.75, 3.05) is 43.4 Å². The molecule has 154 valence electrons. The minimum atomic E-state index is -2.85. The number of likely N-dealkylation sites (N-methyl/N-ethyl adjacent to an activating group) is 1. The first-order valence-electron chi connectivity index (χ1n) is 9.49. The lowest BCUT2D eigenvalue weighted by Crippen LogP contribution is -2.44. The van der Waals surface area contributed by atoms with Gasteiger partial charge in [0.2, 0.25) is 5.91 Å². The van der Waals surface area contributed by atoms with Crippen LogP contribution in [0.5, 0.6) is 5.75 Å². The van der Waals surface area contributed by atoms with Gasteiger partial charge in [-0.2, -0.15) is 8.78 Å². The van der Waals surface area contributed by atoms with Crippen LogP contribution in [0.1, 0.15) is 11.1 Å². The van der Waals surface area contributed by atoms with Gasteiger partial charge in [0.1, 0.15) is 5.75 Å². The number of carbonyl (C=O) groups is 1. The van der Waals surface area contributed by atoms with Crippen LogP contribution in [0.2, 0.25) is 0 Å². The Morgan fingerprint density at radius 2 is 1.79 bits per heavy atom. The number of nitrogens with zero attached hydrogens (tertiary/aromatic N) is 2. The second-order valence-corrected chi connectivity index (χ2v) is 7.06. The maximum absolute atomic E-state index is 12.2. The maximum Gasteiger partial charge on any atom is 0.387 e. The number of piperazine rings is 1. The molecule has 0 aliphatic carbocycles. The van der Waals surface area contributed by atoms with Gasteiger partial charge in [-0.15, -0.1) is 0 Å². The first-order valence-corrected chi connectivity index (χ1v) is 9.49. The molecule has 1 aliphatic heterocycles. The second kappa shape index (κ2) is 9.52. The number of ether oxygens (including phenoxy) is 1.